The molecule has 0 bridgehead atoms. The molecule has 0 radical (unpaired) electrons. The van der Waals surface area contributed by atoms with Crippen LogP contribution in [-0.2, 0) is 4.74 Å². The highest BCUT2D eigenvalue weighted by molar-refractivity contribution is 6.32. The summed E-state index contributed by atoms with van der Waals surface area (Å²) < 4.78 is 10.8. The number of aromatic nitrogens is 1. The van der Waals surface area contributed by atoms with Crippen molar-refractivity contribution in [1.29, 1.82) is 0 Å². The second-order valence-electron chi connectivity index (χ2n) is 6.44. The molecule has 2 aromatic heterocycles. The van der Waals surface area contributed by atoms with E-state index in [0.29, 0.717) is 16.8 Å². The van der Waals surface area contributed by atoms with E-state index in [1.807, 2.05) is 0 Å². The largest absolute Gasteiger partial charge is 0.504 e. The summed E-state index contributed by atoms with van der Waals surface area (Å²) >= 11 is 6.31. The minimum Gasteiger partial charge on any atom is -0.504 e. The first-order chi connectivity index (χ1) is 14.1. The number of aromatic hydroxyl groups is 2. The van der Waals surface area contributed by atoms with Crippen molar-refractivity contribution < 1.29 is 29.1 Å². The zero-order chi connectivity index (χ0) is 22.2. The van der Waals surface area contributed by atoms with Crippen molar-refractivity contribution in [2.75, 3.05) is 6.61 Å². The first-order valence-electron chi connectivity index (χ1n) is 8.79. The molecule has 10 heteroatoms. The molecule has 0 aliphatic rings. The number of nitro groups is 1. The normalized spacial score (nSPS) is 10.8. The van der Waals surface area contributed by atoms with E-state index in [4.69, 9.17) is 20.8 Å². The molecule has 30 heavy (non-hydrogen) atoms. The maximum absolute atomic E-state index is 12.8. The van der Waals surface area contributed by atoms with Crippen molar-refractivity contribution in [1.82, 2.24) is 4.98 Å². The minimum atomic E-state index is -0.883. The summed E-state index contributed by atoms with van der Waals surface area (Å²) in [5, 5.41) is 31.0. The molecular formula is C20H17ClN2O7. The maximum Gasteiger partial charge on any atom is 0.342 e. The van der Waals surface area contributed by atoms with Gasteiger partial charge in [-0.05, 0) is 44.0 Å². The molecule has 0 amide bonds. The Morgan fingerprint density at radius 2 is 2.00 bits per heavy atom. The fourth-order valence-corrected chi connectivity index (χ4v) is 3.49. The molecular weight excluding hydrogens is 416 g/mol. The van der Waals surface area contributed by atoms with Crippen LogP contribution in [0.15, 0.2) is 28.9 Å². The van der Waals surface area contributed by atoms with E-state index in [2.05, 4.69) is 4.98 Å². The smallest absolute Gasteiger partial charge is 0.342 e. The number of halogens is 1. The Kier molecular flexibility index (Phi) is 5.66. The van der Waals surface area contributed by atoms with Crippen molar-refractivity contribution in [2.24, 2.45) is 0 Å². The second kappa shape index (κ2) is 8.03. The van der Waals surface area contributed by atoms with E-state index in [1.165, 1.54) is 6.26 Å². The molecule has 0 aliphatic carbocycles. The molecule has 0 saturated heterocycles. The average molecular weight is 433 g/mol. The Morgan fingerprint density at radius 1 is 1.30 bits per heavy atom. The highest BCUT2D eigenvalue weighted by atomic mass is 35.5. The van der Waals surface area contributed by atoms with Gasteiger partial charge in [0.2, 0.25) is 5.75 Å². The first-order valence-corrected chi connectivity index (χ1v) is 9.16. The van der Waals surface area contributed by atoms with Crippen LogP contribution in [0, 0.1) is 24.0 Å². The van der Waals surface area contributed by atoms with Crippen molar-refractivity contribution >= 4 is 23.3 Å². The van der Waals surface area contributed by atoms with Crippen molar-refractivity contribution in [3.05, 3.63) is 56.6 Å². The number of rotatable bonds is 5. The SMILES string of the molecule is CCOC(=O)c1c(-c2cc(O)c(O)c([N+](=O)[O-])c2)coc1-c1c(C)cc(C)nc1Cl. The maximum atomic E-state index is 12.8. The van der Waals surface area contributed by atoms with Crippen LogP contribution in [0.5, 0.6) is 11.5 Å². The Morgan fingerprint density at radius 3 is 2.60 bits per heavy atom. The molecule has 0 aliphatic heterocycles. The number of phenolic OH excluding ortho intramolecular Hbond substituents is 2. The van der Waals surface area contributed by atoms with Gasteiger partial charge in [0.05, 0.1) is 23.4 Å². The predicted octanol–water partition coefficient (Wildman–Crippen LogP) is 4.77. The van der Waals surface area contributed by atoms with Crippen LogP contribution in [0.25, 0.3) is 22.5 Å². The van der Waals surface area contributed by atoms with Gasteiger partial charge in [-0.1, -0.05) is 11.6 Å². The number of pyridine rings is 1. The van der Waals surface area contributed by atoms with Gasteiger partial charge in [0.1, 0.15) is 10.7 Å². The van der Waals surface area contributed by atoms with Crippen LogP contribution in [0.4, 0.5) is 5.69 Å². The van der Waals surface area contributed by atoms with Gasteiger partial charge >= 0.3 is 11.7 Å². The fraction of sp³-hybridized carbons (Fsp3) is 0.200. The summed E-state index contributed by atoms with van der Waals surface area (Å²) in [6, 6.07) is 3.87. The molecule has 156 valence electrons. The summed E-state index contributed by atoms with van der Waals surface area (Å²) in [5.74, 6) is -2.27. The molecule has 0 spiro atoms. The Balaban J connectivity index is 2.32. The van der Waals surface area contributed by atoms with Gasteiger partial charge in [-0.2, -0.15) is 0 Å². The van der Waals surface area contributed by atoms with Gasteiger partial charge < -0.3 is 19.4 Å². The average Bonchev–Trinajstić information content (AvgIpc) is 3.07. The molecule has 2 heterocycles. The first kappa shape index (κ1) is 21.1. The van der Waals surface area contributed by atoms with Gasteiger partial charge in [0, 0.05) is 17.3 Å². The number of ether oxygens (including phenoxy) is 1. The Bertz CT molecular complexity index is 1150. The van der Waals surface area contributed by atoms with Crippen molar-refractivity contribution in [3.63, 3.8) is 0 Å². The third-order valence-electron chi connectivity index (χ3n) is 4.38. The third-order valence-corrected chi connectivity index (χ3v) is 4.65. The predicted molar refractivity (Wildman–Crippen MR) is 108 cm³/mol. The topological polar surface area (TPSA) is 136 Å². The molecule has 1 aromatic carbocycles. The number of hydrogen-bond acceptors (Lipinski definition) is 8. The fourth-order valence-electron chi connectivity index (χ4n) is 3.12. The third kappa shape index (κ3) is 3.67. The summed E-state index contributed by atoms with van der Waals surface area (Å²) in [7, 11) is 0. The molecule has 3 rings (SSSR count). The van der Waals surface area contributed by atoms with E-state index < -0.39 is 28.1 Å². The Labute approximate surface area is 175 Å². The number of nitrogens with zero attached hydrogens (tertiary/aromatic N) is 2. The highest BCUT2D eigenvalue weighted by Crippen LogP contribution is 2.44. The standard InChI is InChI=1S/C20H17ClN2O7/c1-4-29-20(26)16-12(11-6-13(23(27)28)17(25)14(24)7-11)8-30-18(16)15-9(2)5-10(3)22-19(15)21/h5-8,24-25H,4H2,1-3H3. The molecule has 9 nitrogen and oxygen atoms in total. The number of furan rings is 1. The van der Waals surface area contributed by atoms with Crippen LogP contribution in [0.3, 0.4) is 0 Å². The number of aryl methyl sites for hydroxylation is 2. The molecule has 2 N–H and O–H groups in total. The van der Waals surface area contributed by atoms with E-state index in [0.717, 1.165) is 12.1 Å². The van der Waals surface area contributed by atoms with Gasteiger partial charge in [-0.25, -0.2) is 9.78 Å². The van der Waals surface area contributed by atoms with E-state index in [-0.39, 0.29) is 34.2 Å². The summed E-state index contributed by atoms with van der Waals surface area (Å²) in [5.41, 5.74) is 1.17. The van der Waals surface area contributed by atoms with E-state index >= 15 is 0 Å². The molecule has 0 fully saturated rings. The molecule has 3 aromatic rings. The van der Waals surface area contributed by atoms with E-state index in [1.54, 1.807) is 26.8 Å². The van der Waals surface area contributed by atoms with E-state index in [9.17, 15) is 25.1 Å². The van der Waals surface area contributed by atoms with Gasteiger partial charge in [0.25, 0.3) is 0 Å². The number of hydrogen-bond donors (Lipinski definition) is 2. The zero-order valence-electron chi connectivity index (χ0n) is 16.2. The lowest BCUT2D eigenvalue weighted by molar-refractivity contribution is -0.385. The van der Waals surface area contributed by atoms with Crippen LogP contribution < -0.4 is 0 Å². The molecule has 0 atom stereocenters. The van der Waals surface area contributed by atoms with Crippen LogP contribution >= 0.6 is 11.6 Å². The quantitative estimate of drug-likeness (QED) is 0.193. The number of nitro benzene ring substituents is 1. The number of benzene rings is 1. The zero-order valence-corrected chi connectivity index (χ0v) is 17.0. The number of carbonyl (C=O) groups excluding carboxylic acids is 1. The number of phenols is 2. The summed E-state index contributed by atoms with van der Waals surface area (Å²) in [6.07, 6.45) is 1.20. The monoisotopic (exact) mass is 432 g/mol. The number of carbonyl (C=O) groups is 1. The minimum absolute atomic E-state index is 0.0353. The lowest BCUT2D eigenvalue weighted by Crippen LogP contribution is -2.07. The lowest BCUT2D eigenvalue weighted by atomic mass is 9.98. The summed E-state index contributed by atoms with van der Waals surface area (Å²) in [6.45, 7) is 5.23. The molecule has 0 saturated carbocycles. The van der Waals surface area contributed by atoms with Gasteiger partial charge in [-0.3, -0.25) is 10.1 Å². The Hall–Kier alpha value is -3.59. The van der Waals surface area contributed by atoms with Crippen LogP contribution in [0.2, 0.25) is 5.15 Å². The second-order valence-corrected chi connectivity index (χ2v) is 6.80. The molecule has 0 unspecified atom stereocenters. The lowest BCUT2D eigenvalue weighted by Gasteiger charge is -2.10. The van der Waals surface area contributed by atoms with Crippen LogP contribution in [-0.4, -0.2) is 32.7 Å². The van der Waals surface area contributed by atoms with Crippen molar-refractivity contribution in [3.8, 4) is 33.9 Å². The summed E-state index contributed by atoms with van der Waals surface area (Å²) in [4.78, 5) is 27.3. The van der Waals surface area contributed by atoms with Crippen molar-refractivity contribution in [2.45, 2.75) is 20.8 Å². The van der Waals surface area contributed by atoms with Gasteiger partial charge in [0.15, 0.2) is 11.5 Å². The van der Waals surface area contributed by atoms with Crippen LogP contribution in [0.1, 0.15) is 28.5 Å². The number of esters is 1. The highest BCUT2D eigenvalue weighted by Gasteiger charge is 2.29. The van der Waals surface area contributed by atoms with Gasteiger partial charge in [-0.15, -0.1) is 0 Å².